The summed E-state index contributed by atoms with van der Waals surface area (Å²) in [6.45, 7) is 4.94. The first-order valence-electron chi connectivity index (χ1n) is 9.17. The minimum atomic E-state index is 0.0994. The molecule has 0 spiro atoms. The van der Waals surface area contributed by atoms with Crippen LogP contribution in [0.25, 0.3) is 0 Å². The number of likely N-dealkylation sites (tertiary alicyclic amines) is 1. The van der Waals surface area contributed by atoms with E-state index in [9.17, 15) is 9.90 Å². The molecule has 5 nitrogen and oxygen atoms in total. The van der Waals surface area contributed by atoms with Gasteiger partial charge in [-0.15, -0.1) is 0 Å². The number of carbonyl (C=O) groups is 1. The molecule has 134 valence electrons. The lowest BCUT2D eigenvalue weighted by molar-refractivity contribution is 0.0602. The highest BCUT2D eigenvalue weighted by Gasteiger charge is 2.28. The molecule has 0 saturated carbocycles. The molecule has 1 N–H and O–H groups in total. The standard InChI is InChI=1S/C20H27N3O2/c1-15(2)23-14-17(13-21-23)20(25)22-12-4-3-5-18(22)9-6-16-7-10-19(24)11-8-16/h7-8,10-11,13-15,18,24H,3-6,9,12H2,1-2H3. The molecule has 25 heavy (non-hydrogen) atoms. The van der Waals surface area contributed by atoms with Gasteiger partial charge in [-0.2, -0.15) is 5.10 Å². The molecule has 0 radical (unpaired) electrons. The molecule has 3 rings (SSSR count). The van der Waals surface area contributed by atoms with Gasteiger partial charge in [-0.25, -0.2) is 0 Å². The van der Waals surface area contributed by atoms with Crippen LogP contribution < -0.4 is 0 Å². The molecule has 1 unspecified atom stereocenters. The minimum absolute atomic E-state index is 0.0994. The quantitative estimate of drug-likeness (QED) is 0.900. The first kappa shape index (κ1) is 17.5. The lowest BCUT2D eigenvalue weighted by Gasteiger charge is -2.35. The largest absolute Gasteiger partial charge is 0.508 e. The van der Waals surface area contributed by atoms with Crippen molar-refractivity contribution in [3.63, 3.8) is 0 Å². The summed E-state index contributed by atoms with van der Waals surface area (Å²) in [6, 6.07) is 7.89. The monoisotopic (exact) mass is 341 g/mol. The molecule has 1 aliphatic rings. The van der Waals surface area contributed by atoms with E-state index in [1.54, 1.807) is 18.3 Å². The summed E-state index contributed by atoms with van der Waals surface area (Å²) in [5.41, 5.74) is 1.88. The fraction of sp³-hybridized carbons (Fsp3) is 0.500. The van der Waals surface area contributed by atoms with Crippen molar-refractivity contribution in [2.24, 2.45) is 0 Å². The molecule has 1 saturated heterocycles. The Morgan fingerprint density at radius 1 is 1.28 bits per heavy atom. The van der Waals surface area contributed by atoms with Crippen molar-refractivity contribution in [2.75, 3.05) is 6.54 Å². The molecule has 1 aromatic carbocycles. The Balaban J connectivity index is 1.67. The zero-order chi connectivity index (χ0) is 17.8. The van der Waals surface area contributed by atoms with E-state index < -0.39 is 0 Å². The van der Waals surface area contributed by atoms with E-state index in [1.165, 1.54) is 12.0 Å². The van der Waals surface area contributed by atoms with Crippen LogP contribution in [-0.2, 0) is 6.42 Å². The average Bonchev–Trinajstić information content (AvgIpc) is 3.11. The van der Waals surface area contributed by atoms with Gasteiger partial charge in [0.2, 0.25) is 0 Å². The second-order valence-corrected chi connectivity index (χ2v) is 7.16. The predicted octanol–water partition coefficient (Wildman–Crippen LogP) is 3.80. The van der Waals surface area contributed by atoms with Crippen LogP contribution in [0.1, 0.15) is 61.5 Å². The number of piperidine rings is 1. The zero-order valence-electron chi connectivity index (χ0n) is 15.1. The third-order valence-electron chi connectivity index (χ3n) is 4.97. The van der Waals surface area contributed by atoms with Crippen LogP contribution in [0.2, 0.25) is 0 Å². The summed E-state index contributed by atoms with van der Waals surface area (Å²) in [7, 11) is 0. The van der Waals surface area contributed by atoms with Crippen LogP contribution in [0.5, 0.6) is 5.75 Å². The lowest BCUT2D eigenvalue weighted by Crippen LogP contribution is -2.43. The Bertz CT molecular complexity index is 706. The number of hydrogen-bond donors (Lipinski definition) is 1. The summed E-state index contributed by atoms with van der Waals surface area (Å²) in [5.74, 6) is 0.391. The molecule has 5 heteroatoms. The fourth-order valence-corrected chi connectivity index (χ4v) is 3.46. The first-order valence-corrected chi connectivity index (χ1v) is 9.17. The summed E-state index contributed by atoms with van der Waals surface area (Å²) in [6.07, 6.45) is 8.72. The average molecular weight is 341 g/mol. The van der Waals surface area contributed by atoms with E-state index in [-0.39, 0.29) is 18.0 Å². The molecule has 2 heterocycles. The molecule has 0 bridgehead atoms. The van der Waals surface area contributed by atoms with Gasteiger partial charge in [-0.1, -0.05) is 12.1 Å². The number of phenols is 1. The van der Waals surface area contributed by atoms with Gasteiger partial charge in [0.25, 0.3) is 5.91 Å². The van der Waals surface area contributed by atoms with Crippen molar-refractivity contribution >= 4 is 5.91 Å². The van der Waals surface area contributed by atoms with Gasteiger partial charge >= 0.3 is 0 Å². The minimum Gasteiger partial charge on any atom is -0.508 e. The number of aromatic nitrogens is 2. The van der Waals surface area contributed by atoms with Crippen LogP contribution >= 0.6 is 0 Å². The Labute approximate surface area is 149 Å². The van der Waals surface area contributed by atoms with Gasteiger partial charge in [0.05, 0.1) is 11.8 Å². The molecule has 2 aromatic rings. The number of nitrogens with zero attached hydrogens (tertiary/aromatic N) is 3. The lowest BCUT2D eigenvalue weighted by atomic mass is 9.95. The molecule has 0 aliphatic carbocycles. The van der Waals surface area contributed by atoms with Gasteiger partial charge < -0.3 is 10.0 Å². The SMILES string of the molecule is CC(C)n1cc(C(=O)N2CCCCC2CCc2ccc(O)cc2)cn1. The second-order valence-electron chi connectivity index (χ2n) is 7.16. The first-order chi connectivity index (χ1) is 12.0. The Hall–Kier alpha value is -2.30. The van der Waals surface area contributed by atoms with Crippen molar-refractivity contribution in [2.45, 2.75) is 58.0 Å². The van der Waals surface area contributed by atoms with Crippen LogP contribution in [0.4, 0.5) is 0 Å². The van der Waals surface area contributed by atoms with Gasteiger partial charge in [0, 0.05) is 24.8 Å². The van der Waals surface area contributed by atoms with Gasteiger partial charge in [-0.05, 0) is 63.6 Å². The number of aryl methyl sites for hydroxylation is 1. The normalized spacial score (nSPS) is 17.9. The van der Waals surface area contributed by atoms with Crippen molar-refractivity contribution in [3.05, 3.63) is 47.8 Å². The summed E-state index contributed by atoms with van der Waals surface area (Å²) in [4.78, 5) is 15.0. The topological polar surface area (TPSA) is 58.4 Å². The highest BCUT2D eigenvalue weighted by Crippen LogP contribution is 2.24. The summed E-state index contributed by atoms with van der Waals surface area (Å²) < 4.78 is 1.84. The van der Waals surface area contributed by atoms with Gasteiger partial charge in [0.15, 0.2) is 0 Å². The van der Waals surface area contributed by atoms with Crippen LogP contribution in [0.15, 0.2) is 36.7 Å². The fourth-order valence-electron chi connectivity index (χ4n) is 3.46. The number of carbonyl (C=O) groups excluding carboxylic acids is 1. The van der Waals surface area contributed by atoms with E-state index in [1.807, 2.05) is 27.9 Å². The molecule has 1 fully saturated rings. The molecule has 1 atom stereocenters. The zero-order valence-corrected chi connectivity index (χ0v) is 15.1. The maximum absolute atomic E-state index is 12.9. The van der Waals surface area contributed by atoms with Crippen molar-refractivity contribution in [1.29, 1.82) is 0 Å². The molecular weight excluding hydrogens is 314 g/mol. The molecule has 1 aliphatic heterocycles. The number of aromatic hydroxyl groups is 1. The number of amides is 1. The van der Waals surface area contributed by atoms with E-state index in [0.29, 0.717) is 11.3 Å². The Morgan fingerprint density at radius 2 is 2.04 bits per heavy atom. The van der Waals surface area contributed by atoms with Crippen LogP contribution in [0, 0.1) is 0 Å². The van der Waals surface area contributed by atoms with E-state index in [4.69, 9.17) is 0 Å². The molecular formula is C20H27N3O2. The Kier molecular flexibility index (Phi) is 5.41. The van der Waals surface area contributed by atoms with Crippen LogP contribution in [-0.4, -0.2) is 38.3 Å². The molecule has 1 aromatic heterocycles. The third kappa shape index (κ3) is 4.21. The van der Waals surface area contributed by atoms with E-state index in [2.05, 4.69) is 18.9 Å². The van der Waals surface area contributed by atoms with Crippen molar-refractivity contribution in [3.8, 4) is 5.75 Å². The van der Waals surface area contributed by atoms with Crippen molar-refractivity contribution < 1.29 is 9.90 Å². The third-order valence-corrected chi connectivity index (χ3v) is 4.97. The number of benzene rings is 1. The number of rotatable bonds is 5. The Morgan fingerprint density at radius 3 is 2.72 bits per heavy atom. The maximum Gasteiger partial charge on any atom is 0.257 e. The summed E-state index contributed by atoms with van der Waals surface area (Å²) >= 11 is 0. The summed E-state index contributed by atoms with van der Waals surface area (Å²) in [5, 5.41) is 13.7. The smallest absolute Gasteiger partial charge is 0.257 e. The number of hydrogen-bond acceptors (Lipinski definition) is 3. The van der Waals surface area contributed by atoms with Crippen LogP contribution in [0.3, 0.4) is 0 Å². The second kappa shape index (κ2) is 7.72. The van der Waals surface area contributed by atoms with Crippen molar-refractivity contribution in [1.82, 2.24) is 14.7 Å². The highest BCUT2D eigenvalue weighted by atomic mass is 16.3. The van der Waals surface area contributed by atoms with Gasteiger partial charge in [-0.3, -0.25) is 9.48 Å². The number of phenolic OH excluding ortho intramolecular Hbond substituents is 1. The van der Waals surface area contributed by atoms with E-state index in [0.717, 1.165) is 32.2 Å². The highest BCUT2D eigenvalue weighted by molar-refractivity contribution is 5.94. The van der Waals surface area contributed by atoms with E-state index >= 15 is 0 Å². The van der Waals surface area contributed by atoms with Gasteiger partial charge in [0.1, 0.15) is 5.75 Å². The maximum atomic E-state index is 12.9. The predicted molar refractivity (Wildman–Crippen MR) is 97.7 cm³/mol. The molecule has 1 amide bonds.